The number of thioether (sulfide) groups is 1. The van der Waals surface area contributed by atoms with Crippen LogP contribution in [0.25, 0.3) is 0 Å². The first-order valence-electron chi connectivity index (χ1n) is 6.68. The van der Waals surface area contributed by atoms with Gasteiger partial charge in [0.15, 0.2) is 0 Å². The van der Waals surface area contributed by atoms with E-state index in [-0.39, 0.29) is 11.4 Å². The van der Waals surface area contributed by atoms with Gasteiger partial charge < -0.3 is 4.74 Å². The molecule has 0 bridgehead atoms. The molecule has 2 N–H and O–H groups in total. The van der Waals surface area contributed by atoms with E-state index in [0.29, 0.717) is 17.9 Å². The molecule has 0 aromatic heterocycles. The minimum absolute atomic E-state index is 0.0935. The molecule has 122 valence electrons. The summed E-state index contributed by atoms with van der Waals surface area (Å²) in [4.78, 5) is 11.9. The molecule has 22 heavy (non-hydrogen) atoms. The minimum Gasteiger partial charge on any atom is -0.497 e. The van der Waals surface area contributed by atoms with E-state index in [0.717, 1.165) is 10.1 Å². The van der Waals surface area contributed by atoms with E-state index < -0.39 is 22.0 Å². The van der Waals surface area contributed by atoms with E-state index in [9.17, 15) is 13.2 Å². The lowest BCUT2D eigenvalue weighted by atomic mass is 10.3. The molecule has 0 aliphatic carbocycles. The van der Waals surface area contributed by atoms with Gasteiger partial charge in [-0.1, -0.05) is 0 Å². The maximum Gasteiger partial charge on any atom is 0.262 e. The summed E-state index contributed by atoms with van der Waals surface area (Å²) in [6.07, 6.45) is 0.648. The highest BCUT2D eigenvalue weighted by Crippen LogP contribution is 2.25. The zero-order chi connectivity index (χ0) is 16.2. The van der Waals surface area contributed by atoms with E-state index in [4.69, 9.17) is 9.94 Å². The predicted octanol–water partition coefficient (Wildman–Crippen LogP) is 0.697. The van der Waals surface area contributed by atoms with Gasteiger partial charge in [-0.2, -0.15) is 16.1 Å². The first kappa shape index (κ1) is 17.1. The Morgan fingerprint density at radius 2 is 2.09 bits per heavy atom. The van der Waals surface area contributed by atoms with Gasteiger partial charge in [0.2, 0.25) is 10.0 Å². The van der Waals surface area contributed by atoms with E-state index in [2.05, 4.69) is 0 Å². The largest absolute Gasteiger partial charge is 0.497 e. The summed E-state index contributed by atoms with van der Waals surface area (Å²) in [5.74, 6) is 0.910. The molecule has 1 aromatic rings. The van der Waals surface area contributed by atoms with E-state index in [1.807, 2.05) is 0 Å². The normalized spacial score (nSPS) is 20.2. The lowest BCUT2D eigenvalue weighted by molar-refractivity contribution is -0.132. The first-order chi connectivity index (χ1) is 10.5. The van der Waals surface area contributed by atoms with Crippen LogP contribution in [-0.2, 0) is 14.8 Å². The van der Waals surface area contributed by atoms with Crippen LogP contribution >= 0.6 is 11.8 Å². The number of amides is 1. The van der Waals surface area contributed by atoms with Gasteiger partial charge in [-0.15, -0.1) is 0 Å². The number of sulfonamides is 1. The van der Waals surface area contributed by atoms with Gasteiger partial charge in [0.25, 0.3) is 5.91 Å². The second kappa shape index (κ2) is 7.32. The number of hydrogen-bond acceptors (Lipinski definition) is 6. The van der Waals surface area contributed by atoms with E-state index in [1.54, 1.807) is 17.6 Å². The topological polar surface area (TPSA) is 95.9 Å². The number of rotatable bonds is 4. The van der Waals surface area contributed by atoms with E-state index >= 15 is 0 Å². The summed E-state index contributed by atoms with van der Waals surface area (Å²) in [5.41, 5.74) is 1.56. The number of hydrogen-bond donors (Lipinski definition) is 2. The Morgan fingerprint density at radius 1 is 1.41 bits per heavy atom. The molecule has 1 aliphatic heterocycles. The molecule has 1 amide bonds. The fraction of sp³-hybridized carbons (Fsp3) is 0.462. The average Bonchev–Trinajstić information content (AvgIpc) is 2.80. The Kier molecular flexibility index (Phi) is 5.68. The molecule has 0 spiro atoms. The number of carbonyl (C=O) groups excluding carboxylic acids is 1. The minimum atomic E-state index is -3.82. The number of benzene rings is 1. The highest BCUT2D eigenvalue weighted by atomic mass is 32.2. The smallest absolute Gasteiger partial charge is 0.262 e. The maximum atomic E-state index is 12.8. The summed E-state index contributed by atoms with van der Waals surface area (Å²) >= 11 is 1.49. The molecule has 1 unspecified atom stereocenters. The molecule has 7 nitrogen and oxygen atoms in total. The van der Waals surface area contributed by atoms with E-state index in [1.165, 1.54) is 31.0 Å². The molecule has 1 aromatic carbocycles. The monoisotopic (exact) mass is 346 g/mol. The molecule has 0 saturated carbocycles. The van der Waals surface area contributed by atoms with Crippen molar-refractivity contribution in [3.63, 3.8) is 0 Å². The number of ether oxygens (including phenoxy) is 1. The Hall–Kier alpha value is -1.29. The summed E-state index contributed by atoms with van der Waals surface area (Å²) in [6, 6.07) is 5.08. The van der Waals surface area contributed by atoms with Crippen molar-refractivity contribution in [3.05, 3.63) is 24.3 Å². The highest BCUT2D eigenvalue weighted by Gasteiger charge is 2.36. The van der Waals surface area contributed by atoms with Gasteiger partial charge in [-0.05, 0) is 36.4 Å². The Labute approximate surface area is 133 Å². The molecule has 0 radical (unpaired) electrons. The van der Waals surface area contributed by atoms with Gasteiger partial charge in [-0.25, -0.2) is 13.9 Å². The van der Waals surface area contributed by atoms with Crippen LogP contribution in [0, 0.1) is 0 Å². The van der Waals surface area contributed by atoms with Gasteiger partial charge in [0.05, 0.1) is 12.0 Å². The standard InChI is InChI=1S/C13H18N2O5S2/c1-20-10-3-5-11(6-4-10)22(18,19)15-7-2-8-21-9-12(15)13(16)14-17/h3-6,12,17H,2,7-9H2,1H3,(H,14,16). The fourth-order valence-corrected chi connectivity index (χ4v) is 4.98. The highest BCUT2D eigenvalue weighted by molar-refractivity contribution is 7.99. The number of hydroxylamine groups is 1. The molecule has 1 aliphatic rings. The van der Waals surface area contributed by atoms with Crippen LogP contribution in [0.3, 0.4) is 0 Å². The van der Waals surface area contributed by atoms with Crippen molar-refractivity contribution < 1.29 is 23.2 Å². The zero-order valence-corrected chi connectivity index (χ0v) is 13.7. The third-order valence-electron chi connectivity index (χ3n) is 3.37. The van der Waals surface area contributed by atoms with Gasteiger partial charge in [0.1, 0.15) is 11.8 Å². The third kappa shape index (κ3) is 3.54. The van der Waals surface area contributed by atoms with Crippen LogP contribution in [0.5, 0.6) is 5.75 Å². The van der Waals surface area contributed by atoms with Crippen molar-refractivity contribution in [2.45, 2.75) is 17.4 Å². The Morgan fingerprint density at radius 3 is 2.68 bits per heavy atom. The zero-order valence-electron chi connectivity index (χ0n) is 12.1. The van der Waals surface area contributed by atoms with Gasteiger partial charge in [0, 0.05) is 12.3 Å². The summed E-state index contributed by atoms with van der Waals surface area (Å²) in [7, 11) is -2.32. The fourth-order valence-electron chi connectivity index (χ4n) is 2.21. The van der Waals surface area contributed by atoms with Crippen LogP contribution in [0.15, 0.2) is 29.2 Å². The van der Waals surface area contributed by atoms with Crippen molar-refractivity contribution >= 4 is 27.7 Å². The summed E-state index contributed by atoms with van der Waals surface area (Å²) in [5, 5.41) is 8.85. The molecule has 1 fully saturated rings. The summed E-state index contributed by atoms with van der Waals surface area (Å²) < 4.78 is 31.7. The molecular weight excluding hydrogens is 328 g/mol. The third-order valence-corrected chi connectivity index (χ3v) is 6.42. The van der Waals surface area contributed by atoms with Gasteiger partial charge in [-0.3, -0.25) is 10.0 Å². The number of methoxy groups -OCH3 is 1. The van der Waals surface area contributed by atoms with Crippen LogP contribution in [0.4, 0.5) is 0 Å². The number of carbonyl (C=O) groups is 1. The first-order valence-corrected chi connectivity index (χ1v) is 9.27. The SMILES string of the molecule is COc1ccc(S(=O)(=O)N2CCCSCC2C(=O)NO)cc1. The number of nitrogens with one attached hydrogen (secondary N) is 1. The Balaban J connectivity index is 2.36. The predicted molar refractivity (Wildman–Crippen MR) is 82.5 cm³/mol. The second-order valence-electron chi connectivity index (χ2n) is 4.71. The van der Waals surface area contributed by atoms with Crippen LogP contribution in [0.2, 0.25) is 0 Å². The van der Waals surface area contributed by atoms with Crippen LogP contribution in [0.1, 0.15) is 6.42 Å². The summed E-state index contributed by atoms with van der Waals surface area (Å²) in [6.45, 7) is 0.236. The van der Waals surface area contributed by atoms with Crippen molar-refractivity contribution in [2.24, 2.45) is 0 Å². The van der Waals surface area contributed by atoms with Crippen LogP contribution in [-0.4, -0.2) is 55.0 Å². The average molecular weight is 346 g/mol. The van der Waals surface area contributed by atoms with Crippen LogP contribution < -0.4 is 10.2 Å². The lowest BCUT2D eigenvalue weighted by Crippen LogP contribution is -2.49. The molecule has 9 heteroatoms. The van der Waals surface area contributed by atoms with Crippen molar-refractivity contribution in [2.75, 3.05) is 25.2 Å². The molecule has 2 rings (SSSR count). The second-order valence-corrected chi connectivity index (χ2v) is 7.75. The number of nitrogens with zero attached hydrogens (tertiary/aromatic N) is 1. The Bertz CT molecular complexity index is 618. The molecule has 1 atom stereocenters. The molecule has 1 heterocycles. The van der Waals surface area contributed by atoms with Gasteiger partial charge >= 0.3 is 0 Å². The lowest BCUT2D eigenvalue weighted by Gasteiger charge is -2.27. The quantitative estimate of drug-likeness (QED) is 0.615. The molecular formula is C13H18N2O5S2. The molecule has 1 saturated heterocycles. The van der Waals surface area contributed by atoms with Crippen molar-refractivity contribution in [1.29, 1.82) is 0 Å². The van der Waals surface area contributed by atoms with Crippen molar-refractivity contribution in [1.82, 2.24) is 9.79 Å². The van der Waals surface area contributed by atoms with Crippen molar-refractivity contribution in [3.8, 4) is 5.75 Å². The maximum absolute atomic E-state index is 12.8.